The Morgan fingerprint density at radius 1 is 0.379 bits per heavy atom. The largest absolute Gasteiger partial charge is 0.497 e. The molecular weight excluding hydrogens is 733 g/mol. The van der Waals surface area contributed by atoms with Crippen molar-refractivity contribution in [3.63, 3.8) is 0 Å². The number of nitrogens with zero attached hydrogens (tertiary/aromatic N) is 2. The Hall–Kier alpha value is -8.08. The number of hydrogen-bond donors (Lipinski definition) is 2. The van der Waals surface area contributed by atoms with Crippen LogP contribution in [0.25, 0.3) is 0 Å². The maximum absolute atomic E-state index is 12.4. The minimum Gasteiger partial charge on any atom is -0.497 e. The maximum atomic E-state index is 12.4. The summed E-state index contributed by atoms with van der Waals surface area (Å²) < 4.78 is 21.4. The number of rotatable bonds is 12. The van der Waals surface area contributed by atoms with Gasteiger partial charge in [0.25, 0.3) is 0 Å². The molecule has 58 heavy (non-hydrogen) atoms. The van der Waals surface area contributed by atoms with Crippen molar-refractivity contribution in [3.05, 3.63) is 168 Å². The highest BCUT2D eigenvalue weighted by Crippen LogP contribution is 2.37. The number of carboxylic acid groups (broad SMARTS) is 2. The highest BCUT2D eigenvalue weighted by molar-refractivity contribution is 6.05. The summed E-state index contributed by atoms with van der Waals surface area (Å²) in [4.78, 5) is 28.8. The van der Waals surface area contributed by atoms with E-state index in [4.69, 9.17) is 18.9 Å². The molecule has 0 aliphatic heterocycles. The quantitative estimate of drug-likeness (QED) is 0.0921. The lowest BCUT2D eigenvalue weighted by molar-refractivity contribution is -0.135. The van der Waals surface area contributed by atoms with E-state index in [1.807, 2.05) is 131 Å². The second-order valence-electron chi connectivity index (χ2n) is 12.4. The number of anilines is 6. The van der Waals surface area contributed by atoms with Gasteiger partial charge in [-0.3, -0.25) is 0 Å². The molecule has 0 aliphatic carbocycles. The lowest BCUT2D eigenvalue weighted by atomic mass is 10.1. The fourth-order valence-corrected chi connectivity index (χ4v) is 5.92. The summed E-state index contributed by atoms with van der Waals surface area (Å²) in [5.41, 5.74) is 4.74. The van der Waals surface area contributed by atoms with Crippen molar-refractivity contribution >= 4 is 46.1 Å². The number of methoxy groups -OCH3 is 4. The van der Waals surface area contributed by atoms with E-state index in [2.05, 4.69) is 23.7 Å². The van der Waals surface area contributed by atoms with Crippen LogP contribution in [0.3, 0.4) is 0 Å². The molecule has 0 amide bonds. The fraction of sp³-hybridized carbons (Fsp3) is 0.0833. The molecule has 0 saturated carbocycles. The lowest BCUT2D eigenvalue weighted by Gasteiger charge is -2.25. The van der Waals surface area contributed by atoms with Crippen LogP contribution in [0.1, 0.15) is 11.1 Å². The van der Waals surface area contributed by atoms with Crippen molar-refractivity contribution in [2.75, 3.05) is 38.2 Å². The van der Waals surface area contributed by atoms with Crippen LogP contribution in [0, 0.1) is 23.7 Å². The molecule has 0 radical (unpaired) electrons. The van der Waals surface area contributed by atoms with Crippen LogP contribution >= 0.6 is 0 Å². The molecule has 0 aliphatic rings. The Kier molecular flexibility index (Phi) is 12.6. The van der Waals surface area contributed by atoms with E-state index in [0.717, 1.165) is 34.1 Å². The Bertz CT molecular complexity index is 2250. The third-order valence-electron chi connectivity index (χ3n) is 8.91. The van der Waals surface area contributed by atoms with Crippen molar-refractivity contribution in [2.45, 2.75) is 0 Å². The van der Waals surface area contributed by atoms with Gasteiger partial charge in [0, 0.05) is 45.3 Å². The molecule has 0 saturated heterocycles. The third-order valence-corrected chi connectivity index (χ3v) is 8.91. The van der Waals surface area contributed by atoms with Crippen molar-refractivity contribution in [1.29, 1.82) is 0 Å². The minimum atomic E-state index is -1.51. The monoisotopic (exact) mass is 770 g/mol. The zero-order valence-corrected chi connectivity index (χ0v) is 32.1. The molecule has 6 aromatic rings. The van der Waals surface area contributed by atoms with Crippen LogP contribution in [0.4, 0.5) is 34.1 Å². The fourth-order valence-electron chi connectivity index (χ4n) is 5.92. The minimum absolute atomic E-state index is 0.471. The van der Waals surface area contributed by atoms with Gasteiger partial charge in [-0.25, -0.2) is 9.59 Å². The zero-order valence-electron chi connectivity index (χ0n) is 32.1. The second kappa shape index (κ2) is 18.5. The summed E-state index contributed by atoms with van der Waals surface area (Å²) in [7, 11) is 6.43. The van der Waals surface area contributed by atoms with Gasteiger partial charge in [0.1, 0.15) is 34.1 Å². The van der Waals surface area contributed by atoms with Gasteiger partial charge < -0.3 is 39.0 Å². The zero-order chi connectivity index (χ0) is 41.0. The van der Waals surface area contributed by atoms with Crippen molar-refractivity contribution in [1.82, 2.24) is 0 Å². The second-order valence-corrected chi connectivity index (χ2v) is 12.4. The van der Waals surface area contributed by atoms with E-state index >= 15 is 0 Å². The summed E-state index contributed by atoms with van der Waals surface area (Å²) in [6.07, 6.45) is 0. The third kappa shape index (κ3) is 9.40. The first-order valence-corrected chi connectivity index (χ1v) is 17.8. The van der Waals surface area contributed by atoms with E-state index in [0.29, 0.717) is 34.1 Å². The van der Waals surface area contributed by atoms with Crippen molar-refractivity contribution < 1.29 is 38.7 Å². The van der Waals surface area contributed by atoms with Gasteiger partial charge >= 0.3 is 11.9 Å². The highest BCUT2D eigenvalue weighted by atomic mass is 16.5. The summed E-state index contributed by atoms with van der Waals surface area (Å²) in [6.45, 7) is 0. The Balaban J connectivity index is 1.28. The topological polar surface area (TPSA) is 118 Å². The van der Waals surface area contributed by atoms with Gasteiger partial charge in [0.2, 0.25) is 0 Å². The predicted octanol–water partition coefficient (Wildman–Crippen LogP) is 9.53. The maximum Gasteiger partial charge on any atom is 0.345 e. The van der Waals surface area contributed by atoms with E-state index in [1.54, 1.807) is 52.7 Å². The van der Waals surface area contributed by atoms with E-state index < -0.39 is 23.1 Å². The van der Waals surface area contributed by atoms with Crippen LogP contribution in [0.5, 0.6) is 23.0 Å². The molecule has 0 heterocycles. The normalized spacial score (nSPS) is 10.7. The van der Waals surface area contributed by atoms with Gasteiger partial charge in [0.05, 0.1) is 28.4 Å². The molecule has 0 bridgehead atoms. The Morgan fingerprint density at radius 2 is 0.586 bits per heavy atom. The lowest BCUT2D eigenvalue weighted by Crippen LogP contribution is -2.10. The van der Waals surface area contributed by atoms with Crippen molar-refractivity contribution in [3.8, 4) is 46.7 Å². The number of aliphatic carboxylic acids is 2. The molecule has 0 spiro atoms. The molecule has 6 aromatic carbocycles. The van der Waals surface area contributed by atoms with Crippen LogP contribution in [0.2, 0.25) is 0 Å². The number of hydrogen-bond acceptors (Lipinski definition) is 8. The summed E-state index contributed by atoms with van der Waals surface area (Å²) >= 11 is 0. The molecule has 10 heteroatoms. The molecule has 6 rings (SSSR count). The van der Waals surface area contributed by atoms with Crippen LogP contribution in [0.15, 0.2) is 157 Å². The SMILES string of the molecule is COc1ccc(N(c2ccc(C#CC(C(=O)O)=C(C#Cc3ccc(N(c4ccc(OC)cc4)c4ccc(OC)cc4)cc3)C(=O)O)cc2)c2ccc(OC)cc2)cc1. The molecular formula is C48H38N2O8. The van der Waals surface area contributed by atoms with Crippen molar-refractivity contribution in [2.24, 2.45) is 0 Å². The molecule has 0 fully saturated rings. The van der Waals surface area contributed by atoms with E-state index in [1.165, 1.54) is 0 Å². The number of carboxylic acids is 2. The average molecular weight is 771 g/mol. The standard InChI is InChI=1S/C48H38N2O8/c1-55-41-23-15-37(16-24-41)49(38-17-25-42(56-2)26-18-38)35-11-5-33(6-12-35)9-31-45(47(51)52)46(48(53)54)32-10-34-7-13-36(14-8-34)50(39-19-27-43(57-3)28-20-39)40-21-29-44(58-4)30-22-40/h5-8,11-30H,1-4H3,(H,51,52)(H,53,54). The molecule has 288 valence electrons. The molecule has 0 atom stereocenters. The van der Waals surface area contributed by atoms with E-state index in [-0.39, 0.29) is 0 Å². The first-order valence-electron chi connectivity index (χ1n) is 17.8. The van der Waals surface area contributed by atoms with Crippen LogP contribution in [-0.4, -0.2) is 50.6 Å². The first kappa shape index (κ1) is 39.6. The van der Waals surface area contributed by atoms with Gasteiger partial charge in [0.15, 0.2) is 0 Å². The highest BCUT2D eigenvalue weighted by Gasteiger charge is 2.18. The molecule has 2 N–H and O–H groups in total. The number of ether oxygens (including phenoxy) is 4. The van der Waals surface area contributed by atoms with Gasteiger partial charge in [-0.15, -0.1) is 0 Å². The van der Waals surface area contributed by atoms with Crippen LogP contribution < -0.4 is 28.7 Å². The number of carbonyl (C=O) groups is 2. The smallest absolute Gasteiger partial charge is 0.345 e. The summed E-state index contributed by atoms with van der Waals surface area (Å²) in [5.74, 6) is 10.6. The van der Waals surface area contributed by atoms with Gasteiger partial charge in [-0.05, 0) is 146 Å². The summed E-state index contributed by atoms with van der Waals surface area (Å²) in [5, 5.41) is 20.1. The molecule has 10 nitrogen and oxygen atoms in total. The van der Waals surface area contributed by atoms with E-state index in [9.17, 15) is 19.8 Å². The number of benzene rings is 6. The predicted molar refractivity (Wildman–Crippen MR) is 225 cm³/mol. The first-order chi connectivity index (χ1) is 28.2. The molecule has 0 unspecified atom stereocenters. The van der Waals surface area contributed by atoms with Gasteiger partial charge in [-0.2, -0.15) is 0 Å². The average Bonchev–Trinajstić information content (AvgIpc) is 3.26. The Morgan fingerprint density at radius 3 is 0.776 bits per heavy atom. The van der Waals surface area contributed by atoms with Crippen LogP contribution in [-0.2, 0) is 9.59 Å². The summed E-state index contributed by atoms with van der Waals surface area (Å²) in [6, 6.07) is 44.7. The van der Waals surface area contributed by atoms with Gasteiger partial charge in [-0.1, -0.05) is 23.7 Å². The molecule has 0 aromatic heterocycles. The Labute approximate surface area is 336 Å².